The number of carbonyl (C=O) groups is 2. The molecule has 0 bridgehead atoms. The average Bonchev–Trinajstić information content (AvgIpc) is 3.59. The molecule has 0 atom stereocenters. The first-order valence-electron chi connectivity index (χ1n) is 10.5. The Bertz CT molecular complexity index is 1400. The summed E-state index contributed by atoms with van der Waals surface area (Å²) in [6, 6.07) is 8.94. The summed E-state index contributed by atoms with van der Waals surface area (Å²) in [4.78, 5) is 35.4. The third kappa shape index (κ3) is 3.91. The van der Waals surface area contributed by atoms with Crippen molar-refractivity contribution in [2.75, 3.05) is 12.8 Å². The molecular formula is C23H22BrN7O2. The number of benzene rings is 1. The highest BCUT2D eigenvalue weighted by Crippen LogP contribution is 2.32. The fourth-order valence-corrected chi connectivity index (χ4v) is 4.16. The molecule has 2 N–H and O–H groups in total. The number of aryl methyl sites for hydroxylation is 1. The molecule has 10 heteroatoms. The minimum atomic E-state index is -0.301. The number of rotatable bonds is 4. The molecule has 5 rings (SSSR count). The summed E-state index contributed by atoms with van der Waals surface area (Å²) < 4.78 is 2.56. The Morgan fingerprint density at radius 2 is 1.97 bits per heavy atom. The fraction of sp³-hybridized carbons (Fsp3) is 0.261. The van der Waals surface area contributed by atoms with Crippen molar-refractivity contribution >= 4 is 55.4 Å². The van der Waals surface area contributed by atoms with Gasteiger partial charge in [-0.1, -0.05) is 0 Å². The molecule has 1 aromatic carbocycles. The number of nitrogens with zero attached hydrogens (tertiary/aromatic N) is 6. The SMILES string of the molecule is CN(C(=O)C1CC1)N(Cc1ccc(Br)cn1)C(=O)c1ccc2nc(N)c3cnn(C)c3c2c1. The molecule has 2 amide bonds. The molecule has 4 aromatic rings. The smallest absolute Gasteiger partial charge is 0.272 e. The monoisotopic (exact) mass is 507 g/mol. The van der Waals surface area contributed by atoms with Crippen LogP contribution in [0, 0.1) is 5.92 Å². The van der Waals surface area contributed by atoms with E-state index in [1.165, 1.54) is 10.0 Å². The quantitative estimate of drug-likeness (QED) is 0.424. The first kappa shape index (κ1) is 21.3. The van der Waals surface area contributed by atoms with Crippen LogP contribution in [0.5, 0.6) is 0 Å². The number of hydrogen-bond donors (Lipinski definition) is 1. The van der Waals surface area contributed by atoms with Crippen molar-refractivity contribution in [2.45, 2.75) is 19.4 Å². The molecule has 1 aliphatic rings. The molecule has 168 valence electrons. The second-order valence-corrected chi connectivity index (χ2v) is 9.14. The molecule has 1 saturated carbocycles. The Kier molecular flexibility index (Phi) is 5.24. The fourth-order valence-electron chi connectivity index (χ4n) is 3.92. The van der Waals surface area contributed by atoms with Gasteiger partial charge in [-0.05, 0) is 59.1 Å². The van der Waals surface area contributed by atoms with Crippen molar-refractivity contribution in [3.8, 4) is 0 Å². The van der Waals surface area contributed by atoms with Crippen LogP contribution < -0.4 is 5.73 Å². The van der Waals surface area contributed by atoms with E-state index in [1.54, 1.807) is 42.3 Å². The molecule has 3 heterocycles. The van der Waals surface area contributed by atoms with Crippen LogP contribution in [-0.2, 0) is 18.4 Å². The average molecular weight is 508 g/mol. The summed E-state index contributed by atoms with van der Waals surface area (Å²) >= 11 is 3.38. The molecule has 0 saturated heterocycles. The van der Waals surface area contributed by atoms with Gasteiger partial charge < -0.3 is 5.73 Å². The number of carbonyl (C=O) groups excluding carboxylic acids is 2. The van der Waals surface area contributed by atoms with Crippen LogP contribution in [-0.4, -0.2) is 48.6 Å². The van der Waals surface area contributed by atoms with E-state index in [-0.39, 0.29) is 24.3 Å². The van der Waals surface area contributed by atoms with Crippen molar-refractivity contribution in [3.05, 3.63) is 58.5 Å². The van der Waals surface area contributed by atoms with E-state index in [9.17, 15) is 9.59 Å². The van der Waals surface area contributed by atoms with Gasteiger partial charge in [0.1, 0.15) is 5.82 Å². The Hall–Kier alpha value is -3.53. The van der Waals surface area contributed by atoms with E-state index in [1.807, 2.05) is 19.2 Å². The number of hydrazine groups is 1. The van der Waals surface area contributed by atoms with Crippen LogP contribution in [0.25, 0.3) is 21.8 Å². The van der Waals surface area contributed by atoms with Crippen molar-refractivity contribution in [1.82, 2.24) is 29.8 Å². The van der Waals surface area contributed by atoms with Crippen molar-refractivity contribution in [3.63, 3.8) is 0 Å². The summed E-state index contributed by atoms with van der Waals surface area (Å²) in [5.74, 6) is -0.00150. The zero-order valence-electron chi connectivity index (χ0n) is 18.2. The lowest BCUT2D eigenvalue weighted by Crippen LogP contribution is -2.47. The summed E-state index contributed by atoms with van der Waals surface area (Å²) in [6.07, 6.45) is 5.04. The minimum Gasteiger partial charge on any atom is -0.383 e. The molecule has 9 nitrogen and oxygen atoms in total. The lowest BCUT2D eigenvalue weighted by molar-refractivity contribution is -0.144. The summed E-state index contributed by atoms with van der Waals surface area (Å²) in [6.45, 7) is 0.167. The van der Waals surface area contributed by atoms with Gasteiger partial charge in [-0.15, -0.1) is 0 Å². The number of nitrogen functional groups attached to an aromatic ring is 1. The van der Waals surface area contributed by atoms with Gasteiger partial charge in [0.2, 0.25) is 5.91 Å². The molecule has 1 fully saturated rings. The van der Waals surface area contributed by atoms with Crippen LogP contribution in [0.2, 0.25) is 0 Å². The van der Waals surface area contributed by atoms with Gasteiger partial charge in [0.25, 0.3) is 5.91 Å². The van der Waals surface area contributed by atoms with E-state index in [0.717, 1.165) is 33.6 Å². The first-order valence-corrected chi connectivity index (χ1v) is 11.3. The van der Waals surface area contributed by atoms with E-state index < -0.39 is 0 Å². The zero-order valence-corrected chi connectivity index (χ0v) is 19.8. The molecule has 0 radical (unpaired) electrons. The highest BCUT2D eigenvalue weighted by atomic mass is 79.9. The predicted molar refractivity (Wildman–Crippen MR) is 128 cm³/mol. The van der Waals surface area contributed by atoms with Gasteiger partial charge in [-0.2, -0.15) is 5.10 Å². The number of aromatic nitrogens is 4. The van der Waals surface area contributed by atoms with Gasteiger partial charge in [0, 0.05) is 41.6 Å². The number of amides is 2. The Morgan fingerprint density at radius 3 is 2.67 bits per heavy atom. The van der Waals surface area contributed by atoms with Crippen LogP contribution in [0.1, 0.15) is 28.9 Å². The maximum atomic E-state index is 13.7. The highest BCUT2D eigenvalue weighted by Gasteiger charge is 2.36. The largest absolute Gasteiger partial charge is 0.383 e. The molecule has 0 spiro atoms. The lowest BCUT2D eigenvalue weighted by Gasteiger charge is -2.32. The van der Waals surface area contributed by atoms with Crippen molar-refractivity contribution in [2.24, 2.45) is 13.0 Å². The van der Waals surface area contributed by atoms with Gasteiger partial charge in [-0.25, -0.2) is 9.99 Å². The predicted octanol–water partition coefficient (Wildman–Crippen LogP) is 3.29. The van der Waals surface area contributed by atoms with E-state index in [4.69, 9.17) is 5.73 Å². The van der Waals surface area contributed by atoms with Crippen LogP contribution >= 0.6 is 15.9 Å². The van der Waals surface area contributed by atoms with Gasteiger partial charge in [-0.3, -0.25) is 24.3 Å². The Morgan fingerprint density at radius 1 is 1.18 bits per heavy atom. The maximum absolute atomic E-state index is 13.7. The summed E-state index contributed by atoms with van der Waals surface area (Å²) in [5, 5.41) is 8.66. The second-order valence-electron chi connectivity index (χ2n) is 8.23. The number of hydrogen-bond acceptors (Lipinski definition) is 6. The van der Waals surface area contributed by atoms with Crippen LogP contribution in [0.4, 0.5) is 5.82 Å². The van der Waals surface area contributed by atoms with E-state index in [2.05, 4.69) is 31.0 Å². The van der Waals surface area contributed by atoms with Gasteiger partial charge in [0.15, 0.2) is 0 Å². The molecule has 33 heavy (non-hydrogen) atoms. The maximum Gasteiger partial charge on any atom is 0.272 e. The summed E-state index contributed by atoms with van der Waals surface area (Å²) in [5.41, 5.74) is 8.67. The van der Waals surface area contributed by atoms with E-state index in [0.29, 0.717) is 22.6 Å². The van der Waals surface area contributed by atoms with Crippen molar-refractivity contribution in [1.29, 1.82) is 0 Å². The minimum absolute atomic E-state index is 0.0268. The normalized spacial score (nSPS) is 13.4. The number of nitrogens with two attached hydrogens (primary N) is 1. The molecule has 3 aromatic heterocycles. The summed E-state index contributed by atoms with van der Waals surface area (Å²) in [7, 11) is 3.46. The number of halogens is 1. The number of pyridine rings is 2. The molecular weight excluding hydrogens is 486 g/mol. The standard InChI is InChI=1S/C23H22BrN7O2/c1-29-20-17-9-14(5-8-19(17)28-21(25)18(20)11-27-29)23(33)31(30(2)22(32)13-3-4-13)12-16-7-6-15(24)10-26-16/h5-11,13H,3-4,12H2,1-2H3,(H2,25,28). The Balaban J connectivity index is 1.57. The molecule has 0 unspecified atom stereocenters. The third-order valence-corrected chi connectivity index (χ3v) is 6.37. The number of fused-ring (bicyclic) bond motifs is 3. The van der Waals surface area contributed by atoms with Crippen molar-refractivity contribution < 1.29 is 9.59 Å². The third-order valence-electron chi connectivity index (χ3n) is 5.90. The molecule has 1 aliphatic carbocycles. The topological polar surface area (TPSA) is 110 Å². The van der Waals surface area contributed by atoms with Gasteiger partial charge in [0.05, 0.1) is 34.9 Å². The highest BCUT2D eigenvalue weighted by molar-refractivity contribution is 9.10. The second kappa shape index (κ2) is 8.11. The van der Waals surface area contributed by atoms with Crippen LogP contribution in [0.3, 0.4) is 0 Å². The number of anilines is 1. The van der Waals surface area contributed by atoms with Gasteiger partial charge >= 0.3 is 0 Å². The molecule has 0 aliphatic heterocycles. The Labute approximate surface area is 198 Å². The zero-order chi connectivity index (χ0) is 23.3. The lowest BCUT2D eigenvalue weighted by atomic mass is 10.1. The first-order chi connectivity index (χ1) is 15.8. The van der Waals surface area contributed by atoms with Crippen LogP contribution in [0.15, 0.2) is 47.2 Å². The van der Waals surface area contributed by atoms with E-state index >= 15 is 0 Å².